The van der Waals surface area contributed by atoms with E-state index in [9.17, 15) is 4.79 Å². The third-order valence-corrected chi connectivity index (χ3v) is 2.34. The van der Waals surface area contributed by atoms with Gasteiger partial charge in [0.2, 0.25) is 0 Å². The lowest BCUT2D eigenvalue weighted by molar-refractivity contribution is 1.11. The van der Waals surface area contributed by atoms with E-state index in [1.165, 1.54) is 0 Å². The van der Waals surface area contributed by atoms with Crippen LogP contribution in [0.15, 0.2) is 23.1 Å². The Hall–Kier alpha value is -1.64. The quantitative estimate of drug-likeness (QED) is 0.741. The molecule has 0 amide bonds. The zero-order valence-corrected chi connectivity index (χ0v) is 8.29. The fourth-order valence-corrected chi connectivity index (χ4v) is 1.42. The fraction of sp³-hybridized carbons (Fsp3) is 0.273. The number of H-pyrrole nitrogens is 1. The smallest absolute Gasteiger partial charge is 0.251 e. The van der Waals surface area contributed by atoms with Crippen LogP contribution in [0.4, 0.5) is 0 Å². The molecule has 0 aliphatic carbocycles. The highest BCUT2D eigenvalue weighted by Crippen LogP contribution is 2.10. The maximum Gasteiger partial charge on any atom is 0.251 e. The van der Waals surface area contributed by atoms with Crippen LogP contribution in [-0.2, 0) is 6.42 Å². The second kappa shape index (κ2) is 3.25. The summed E-state index contributed by atoms with van der Waals surface area (Å²) in [6.45, 7) is 3.85. The summed E-state index contributed by atoms with van der Waals surface area (Å²) >= 11 is 0. The molecule has 0 spiro atoms. The minimum absolute atomic E-state index is 0.0347. The first kappa shape index (κ1) is 8.94. The van der Waals surface area contributed by atoms with E-state index in [2.05, 4.69) is 16.9 Å². The molecule has 0 radical (unpaired) electrons. The van der Waals surface area contributed by atoms with Crippen LogP contribution in [0, 0.1) is 6.92 Å². The van der Waals surface area contributed by atoms with Crippen molar-refractivity contribution in [2.75, 3.05) is 0 Å². The fourth-order valence-electron chi connectivity index (χ4n) is 1.42. The first-order valence-electron chi connectivity index (χ1n) is 4.69. The minimum Gasteiger partial charge on any atom is -0.320 e. The molecule has 0 bridgehead atoms. The highest BCUT2D eigenvalue weighted by molar-refractivity contribution is 5.74. The Morgan fingerprint density at radius 1 is 1.43 bits per heavy atom. The minimum atomic E-state index is -0.0347. The zero-order chi connectivity index (χ0) is 10.1. The van der Waals surface area contributed by atoms with Gasteiger partial charge in [0.05, 0.1) is 11.0 Å². The monoisotopic (exact) mass is 188 g/mol. The Balaban J connectivity index is 2.77. The van der Waals surface area contributed by atoms with Gasteiger partial charge < -0.3 is 4.98 Å². The van der Waals surface area contributed by atoms with E-state index in [4.69, 9.17) is 0 Å². The van der Waals surface area contributed by atoms with Crippen LogP contribution < -0.4 is 5.56 Å². The lowest BCUT2D eigenvalue weighted by atomic mass is 10.2. The number of aromatic amines is 1. The molecule has 0 aromatic carbocycles. The van der Waals surface area contributed by atoms with Gasteiger partial charge in [-0.3, -0.25) is 9.78 Å². The Labute approximate surface area is 81.8 Å². The lowest BCUT2D eigenvalue weighted by Gasteiger charge is -2.00. The Kier molecular flexibility index (Phi) is 2.08. The number of aryl methyl sites for hydroxylation is 2. The second-order valence-corrected chi connectivity index (χ2v) is 3.41. The van der Waals surface area contributed by atoms with Crippen LogP contribution in [0.2, 0.25) is 0 Å². The van der Waals surface area contributed by atoms with E-state index in [-0.39, 0.29) is 5.56 Å². The zero-order valence-electron chi connectivity index (χ0n) is 8.29. The van der Waals surface area contributed by atoms with Crippen molar-refractivity contribution in [3.8, 4) is 0 Å². The summed E-state index contributed by atoms with van der Waals surface area (Å²) in [5, 5.41) is 0. The summed E-state index contributed by atoms with van der Waals surface area (Å²) in [7, 11) is 0. The Morgan fingerprint density at radius 2 is 2.21 bits per heavy atom. The number of hydrogen-bond donors (Lipinski definition) is 1. The molecule has 2 aromatic rings. The van der Waals surface area contributed by atoms with Gasteiger partial charge in [-0.2, -0.15) is 0 Å². The average molecular weight is 188 g/mol. The average Bonchev–Trinajstić information content (AvgIpc) is 2.19. The summed E-state index contributed by atoms with van der Waals surface area (Å²) in [6, 6.07) is 3.79. The van der Waals surface area contributed by atoms with E-state index in [0.717, 1.165) is 23.0 Å². The van der Waals surface area contributed by atoms with Crippen LogP contribution in [0.5, 0.6) is 0 Å². The topological polar surface area (TPSA) is 45.8 Å². The van der Waals surface area contributed by atoms with Gasteiger partial charge in [-0.1, -0.05) is 6.92 Å². The third-order valence-electron chi connectivity index (χ3n) is 2.34. The summed E-state index contributed by atoms with van der Waals surface area (Å²) in [6.07, 6.45) is 2.78. The molecule has 0 unspecified atom stereocenters. The number of hydrogen-bond acceptors (Lipinski definition) is 2. The molecular formula is C11H12N2O. The van der Waals surface area contributed by atoms with Gasteiger partial charge >= 0.3 is 0 Å². The molecule has 1 N–H and O–H groups in total. The normalized spacial score (nSPS) is 10.7. The molecule has 0 saturated carbocycles. The number of aromatic nitrogens is 2. The molecule has 14 heavy (non-hydrogen) atoms. The summed E-state index contributed by atoms with van der Waals surface area (Å²) < 4.78 is 0. The van der Waals surface area contributed by atoms with E-state index in [1.54, 1.807) is 6.92 Å². The maximum absolute atomic E-state index is 11.3. The highest BCUT2D eigenvalue weighted by Gasteiger charge is 2.00. The van der Waals surface area contributed by atoms with E-state index in [0.29, 0.717) is 5.56 Å². The van der Waals surface area contributed by atoms with Crippen molar-refractivity contribution in [2.24, 2.45) is 0 Å². The third kappa shape index (κ3) is 1.41. The first-order chi connectivity index (χ1) is 6.70. The number of fused-ring (bicyclic) bond motifs is 1. The summed E-state index contributed by atoms with van der Waals surface area (Å²) in [5.41, 5.74) is 3.47. The molecule has 0 saturated heterocycles. The molecule has 2 aromatic heterocycles. The van der Waals surface area contributed by atoms with Crippen molar-refractivity contribution < 1.29 is 0 Å². The van der Waals surface area contributed by atoms with Crippen molar-refractivity contribution >= 4 is 11.0 Å². The van der Waals surface area contributed by atoms with Crippen molar-refractivity contribution in [3.63, 3.8) is 0 Å². The van der Waals surface area contributed by atoms with Crippen molar-refractivity contribution in [1.29, 1.82) is 0 Å². The predicted molar refractivity (Wildman–Crippen MR) is 56.5 cm³/mol. The summed E-state index contributed by atoms with van der Waals surface area (Å²) in [4.78, 5) is 18.4. The molecular weight excluding hydrogens is 176 g/mol. The first-order valence-corrected chi connectivity index (χ1v) is 4.69. The SMILES string of the molecule is CCc1cnc2cc(C)c(=O)[nH]c2c1. The van der Waals surface area contributed by atoms with Crippen LogP contribution in [0.3, 0.4) is 0 Å². The van der Waals surface area contributed by atoms with Gasteiger partial charge in [-0.15, -0.1) is 0 Å². The number of nitrogens with zero attached hydrogens (tertiary/aromatic N) is 1. The molecule has 2 rings (SSSR count). The largest absolute Gasteiger partial charge is 0.320 e. The molecule has 0 aliphatic rings. The Morgan fingerprint density at radius 3 is 2.93 bits per heavy atom. The molecule has 0 atom stereocenters. The molecule has 0 aliphatic heterocycles. The molecule has 3 heteroatoms. The molecule has 2 heterocycles. The van der Waals surface area contributed by atoms with Gasteiger partial charge in [-0.25, -0.2) is 0 Å². The maximum atomic E-state index is 11.3. The van der Waals surface area contributed by atoms with Crippen LogP contribution in [0.25, 0.3) is 11.0 Å². The molecule has 0 fully saturated rings. The molecule has 3 nitrogen and oxygen atoms in total. The van der Waals surface area contributed by atoms with Crippen molar-refractivity contribution in [1.82, 2.24) is 9.97 Å². The second-order valence-electron chi connectivity index (χ2n) is 3.41. The van der Waals surface area contributed by atoms with Gasteiger partial charge in [0.1, 0.15) is 0 Å². The standard InChI is InChI=1S/C11H12N2O/c1-3-8-5-10-9(12-6-8)4-7(2)11(14)13-10/h4-6H,3H2,1-2H3,(H,13,14). The predicted octanol–water partition coefficient (Wildman–Crippen LogP) is 1.79. The number of rotatable bonds is 1. The van der Waals surface area contributed by atoms with Gasteiger partial charge in [-0.05, 0) is 31.0 Å². The van der Waals surface area contributed by atoms with Crippen molar-refractivity contribution in [2.45, 2.75) is 20.3 Å². The number of pyridine rings is 2. The van der Waals surface area contributed by atoms with Crippen LogP contribution in [0.1, 0.15) is 18.1 Å². The number of nitrogens with one attached hydrogen (secondary N) is 1. The Bertz CT molecular complexity index is 528. The lowest BCUT2D eigenvalue weighted by Crippen LogP contribution is -2.09. The highest BCUT2D eigenvalue weighted by atomic mass is 16.1. The van der Waals surface area contributed by atoms with Gasteiger partial charge in [0.15, 0.2) is 0 Å². The van der Waals surface area contributed by atoms with Gasteiger partial charge in [0, 0.05) is 11.8 Å². The van der Waals surface area contributed by atoms with E-state index < -0.39 is 0 Å². The summed E-state index contributed by atoms with van der Waals surface area (Å²) in [5.74, 6) is 0. The van der Waals surface area contributed by atoms with Crippen LogP contribution in [-0.4, -0.2) is 9.97 Å². The van der Waals surface area contributed by atoms with E-state index >= 15 is 0 Å². The molecule has 72 valence electrons. The van der Waals surface area contributed by atoms with Gasteiger partial charge in [0.25, 0.3) is 5.56 Å². The van der Waals surface area contributed by atoms with Crippen molar-refractivity contribution in [3.05, 3.63) is 39.8 Å². The van der Waals surface area contributed by atoms with E-state index in [1.807, 2.05) is 18.3 Å². The van der Waals surface area contributed by atoms with Crippen LogP contribution >= 0.6 is 0 Å².